The van der Waals surface area contributed by atoms with Crippen molar-refractivity contribution in [2.45, 2.75) is 18.1 Å². The van der Waals surface area contributed by atoms with Crippen molar-refractivity contribution >= 4 is 21.7 Å². The number of carboxylic acid groups (broad SMARTS) is 1. The summed E-state index contributed by atoms with van der Waals surface area (Å²) in [5, 5.41) is 8.45. The zero-order valence-electron chi connectivity index (χ0n) is 10.0. The Bertz CT molecular complexity index is 624. The molecule has 1 fully saturated rings. The minimum absolute atomic E-state index is 0.197. The molecular formula is C11H12FNO5S. The summed E-state index contributed by atoms with van der Waals surface area (Å²) in [7, 11) is -2.42. The van der Waals surface area contributed by atoms with Gasteiger partial charge in [0.05, 0.1) is 23.6 Å². The Morgan fingerprint density at radius 3 is 2.58 bits per heavy atom. The van der Waals surface area contributed by atoms with Crippen LogP contribution in [-0.4, -0.2) is 31.9 Å². The summed E-state index contributed by atoms with van der Waals surface area (Å²) in [4.78, 5) is 11.0. The van der Waals surface area contributed by atoms with Crippen LogP contribution in [0.15, 0.2) is 12.1 Å². The minimum Gasteiger partial charge on any atom is -0.494 e. The van der Waals surface area contributed by atoms with E-state index in [1.165, 1.54) is 7.11 Å². The number of methoxy groups -OCH3 is 1. The van der Waals surface area contributed by atoms with Crippen molar-refractivity contribution in [1.82, 2.24) is 0 Å². The Hall–Kier alpha value is -1.83. The summed E-state index contributed by atoms with van der Waals surface area (Å²) in [5.41, 5.74) is -0.653. The predicted molar refractivity (Wildman–Crippen MR) is 65.5 cm³/mol. The van der Waals surface area contributed by atoms with Crippen molar-refractivity contribution in [1.29, 1.82) is 0 Å². The Kier molecular flexibility index (Phi) is 3.36. The van der Waals surface area contributed by atoms with E-state index in [-0.39, 0.29) is 11.4 Å². The van der Waals surface area contributed by atoms with Gasteiger partial charge in [0.25, 0.3) is 0 Å². The first-order valence-corrected chi connectivity index (χ1v) is 7.02. The maximum absolute atomic E-state index is 13.4. The van der Waals surface area contributed by atoms with Crippen LogP contribution in [0.1, 0.15) is 23.2 Å². The van der Waals surface area contributed by atoms with Gasteiger partial charge in [0.15, 0.2) is 11.6 Å². The van der Waals surface area contributed by atoms with Crippen molar-refractivity contribution in [3.63, 3.8) is 0 Å². The zero-order valence-corrected chi connectivity index (χ0v) is 10.8. The minimum atomic E-state index is -3.63. The van der Waals surface area contributed by atoms with Crippen molar-refractivity contribution < 1.29 is 27.4 Å². The molecule has 19 heavy (non-hydrogen) atoms. The smallest absolute Gasteiger partial charge is 0.337 e. The van der Waals surface area contributed by atoms with E-state index in [1.807, 2.05) is 0 Å². The lowest BCUT2D eigenvalue weighted by atomic mass is 10.1. The molecule has 0 saturated heterocycles. The van der Waals surface area contributed by atoms with Crippen LogP contribution >= 0.6 is 0 Å². The number of aromatic carboxylic acids is 1. The topological polar surface area (TPSA) is 92.7 Å². The largest absolute Gasteiger partial charge is 0.494 e. The maximum Gasteiger partial charge on any atom is 0.337 e. The highest BCUT2D eigenvalue weighted by Crippen LogP contribution is 2.32. The van der Waals surface area contributed by atoms with Crippen LogP contribution in [0.5, 0.6) is 5.75 Å². The van der Waals surface area contributed by atoms with E-state index in [1.54, 1.807) is 0 Å². The SMILES string of the molecule is COc1cc(NS(=O)(=O)C2CC2)c(C(=O)O)cc1F. The standard InChI is InChI=1S/C11H12FNO5S/c1-18-10-5-9(7(11(14)15)4-8(10)12)13-19(16,17)6-2-3-6/h4-6,13H,2-3H2,1H3,(H,14,15). The van der Waals surface area contributed by atoms with Gasteiger partial charge in [-0.05, 0) is 18.9 Å². The molecule has 0 heterocycles. The average molecular weight is 289 g/mol. The Morgan fingerprint density at radius 1 is 1.47 bits per heavy atom. The molecule has 0 bridgehead atoms. The van der Waals surface area contributed by atoms with E-state index in [2.05, 4.69) is 4.72 Å². The van der Waals surface area contributed by atoms with Gasteiger partial charge in [-0.15, -0.1) is 0 Å². The average Bonchev–Trinajstić information content (AvgIpc) is 3.14. The van der Waals surface area contributed by atoms with Crippen LogP contribution < -0.4 is 9.46 Å². The first kappa shape index (κ1) is 13.6. The Labute approximate surface area is 109 Å². The second-order valence-electron chi connectivity index (χ2n) is 4.18. The molecule has 0 atom stereocenters. The van der Waals surface area contributed by atoms with E-state index in [9.17, 15) is 17.6 Å². The third-order valence-electron chi connectivity index (χ3n) is 2.74. The molecule has 1 aromatic rings. The third kappa shape index (κ3) is 2.78. The fourth-order valence-corrected chi connectivity index (χ4v) is 2.98. The number of halogens is 1. The molecule has 0 unspecified atom stereocenters. The molecule has 0 amide bonds. The molecule has 0 radical (unpaired) electrons. The van der Waals surface area contributed by atoms with E-state index in [0.29, 0.717) is 12.8 Å². The number of carbonyl (C=O) groups is 1. The van der Waals surface area contributed by atoms with Crippen molar-refractivity contribution in [3.8, 4) is 5.75 Å². The van der Waals surface area contributed by atoms with Gasteiger partial charge in [-0.3, -0.25) is 4.72 Å². The number of anilines is 1. The normalized spacial score (nSPS) is 15.1. The summed E-state index contributed by atoms with van der Waals surface area (Å²) in [6, 6.07) is 1.75. The van der Waals surface area contributed by atoms with Crippen LogP contribution in [0.2, 0.25) is 0 Å². The Morgan fingerprint density at radius 2 is 2.11 bits per heavy atom. The highest BCUT2D eigenvalue weighted by Gasteiger charge is 2.36. The summed E-state index contributed by atoms with van der Waals surface area (Å²) in [6.07, 6.45) is 1.08. The fraction of sp³-hybridized carbons (Fsp3) is 0.364. The molecule has 1 aromatic carbocycles. The van der Waals surface area contributed by atoms with Crippen molar-refractivity contribution in [3.05, 3.63) is 23.5 Å². The molecule has 0 spiro atoms. The van der Waals surface area contributed by atoms with Gasteiger partial charge in [-0.2, -0.15) is 0 Å². The van der Waals surface area contributed by atoms with Crippen LogP contribution in [0, 0.1) is 5.82 Å². The molecule has 0 aromatic heterocycles. The van der Waals surface area contributed by atoms with Crippen molar-refractivity contribution in [2.24, 2.45) is 0 Å². The van der Waals surface area contributed by atoms with Crippen LogP contribution in [0.3, 0.4) is 0 Å². The summed E-state index contributed by atoms with van der Waals surface area (Å²) >= 11 is 0. The number of ether oxygens (including phenoxy) is 1. The van der Waals surface area contributed by atoms with Crippen LogP contribution in [0.25, 0.3) is 0 Å². The predicted octanol–water partition coefficient (Wildman–Crippen LogP) is 1.44. The molecule has 104 valence electrons. The van der Waals surface area contributed by atoms with Gasteiger partial charge in [-0.1, -0.05) is 0 Å². The first-order chi connectivity index (χ1) is 8.85. The second kappa shape index (κ2) is 4.69. The van der Waals surface area contributed by atoms with Gasteiger partial charge in [0.2, 0.25) is 10.0 Å². The molecular weight excluding hydrogens is 277 g/mol. The highest BCUT2D eigenvalue weighted by molar-refractivity contribution is 7.93. The quantitative estimate of drug-likeness (QED) is 0.855. The Balaban J connectivity index is 2.44. The van der Waals surface area contributed by atoms with Crippen LogP contribution in [-0.2, 0) is 10.0 Å². The molecule has 1 saturated carbocycles. The van der Waals surface area contributed by atoms with E-state index in [4.69, 9.17) is 9.84 Å². The number of rotatable bonds is 5. The second-order valence-corrected chi connectivity index (χ2v) is 6.14. The third-order valence-corrected chi connectivity index (χ3v) is 4.59. The lowest BCUT2D eigenvalue weighted by Gasteiger charge is -2.12. The van der Waals surface area contributed by atoms with E-state index >= 15 is 0 Å². The monoisotopic (exact) mass is 289 g/mol. The van der Waals surface area contributed by atoms with Gasteiger partial charge >= 0.3 is 5.97 Å². The number of hydrogen-bond acceptors (Lipinski definition) is 4. The molecule has 8 heteroatoms. The van der Waals surface area contributed by atoms with Crippen molar-refractivity contribution in [2.75, 3.05) is 11.8 Å². The molecule has 2 rings (SSSR count). The summed E-state index contributed by atoms with van der Waals surface area (Å²) in [5.74, 6) is -2.51. The van der Waals surface area contributed by atoms with Crippen LogP contribution in [0.4, 0.5) is 10.1 Å². The number of benzene rings is 1. The number of carboxylic acids is 1. The molecule has 6 nitrogen and oxygen atoms in total. The fourth-order valence-electron chi connectivity index (χ4n) is 1.59. The number of nitrogens with one attached hydrogen (secondary N) is 1. The summed E-state index contributed by atoms with van der Waals surface area (Å²) in [6.45, 7) is 0. The molecule has 0 aliphatic heterocycles. The lowest BCUT2D eigenvalue weighted by molar-refractivity contribution is 0.0697. The lowest BCUT2D eigenvalue weighted by Crippen LogP contribution is -2.19. The first-order valence-electron chi connectivity index (χ1n) is 5.47. The molecule has 2 N–H and O–H groups in total. The van der Waals surface area contributed by atoms with Gasteiger partial charge < -0.3 is 9.84 Å². The van der Waals surface area contributed by atoms with Gasteiger partial charge in [0, 0.05) is 6.07 Å². The highest BCUT2D eigenvalue weighted by atomic mass is 32.2. The number of hydrogen-bond donors (Lipinski definition) is 2. The molecule has 1 aliphatic rings. The maximum atomic E-state index is 13.4. The van der Waals surface area contributed by atoms with E-state index in [0.717, 1.165) is 12.1 Å². The zero-order chi connectivity index (χ0) is 14.2. The summed E-state index contributed by atoms with van der Waals surface area (Å²) < 4.78 is 43.9. The molecule has 1 aliphatic carbocycles. The van der Waals surface area contributed by atoms with E-state index < -0.39 is 32.6 Å². The number of sulfonamides is 1. The van der Waals surface area contributed by atoms with Gasteiger partial charge in [0.1, 0.15) is 0 Å². The van der Waals surface area contributed by atoms with Gasteiger partial charge in [-0.25, -0.2) is 17.6 Å².